The van der Waals surface area contributed by atoms with Gasteiger partial charge < -0.3 is 5.11 Å². The first kappa shape index (κ1) is 17.6. The molecule has 1 aromatic heterocycles. The molecule has 0 spiro atoms. The molecule has 0 amide bonds. The second-order valence-corrected chi connectivity index (χ2v) is 8.09. The molecule has 1 aliphatic rings. The number of halogens is 2. The average molecular weight is 386 g/mol. The van der Waals surface area contributed by atoms with E-state index < -0.39 is 5.97 Å². The van der Waals surface area contributed by atoms with Crippen molar-refractivity contribution in [3.05, 3.63) is 45.2 Å². The van der Waals surface area contributed by atoms with Crippen molar-refractivity contribution in [1.29, 1.82) is 0 Å². The van der Waals surface area contributed by atoms with Crippen LogP contribution in [0.5, 0.6) is 0 Å². The zero-order chi connectivity index (χ0) is 17.1. The van der Waals surface area contributed by atoms with Crippen molar-refractivity contribution in [2.45, 2.75) is 42.6 Å². The Labute approximate surface area is 154 Å². The molecule has 1 aromatic carbocycles. The number of carbonyl (C=O) groups is 1. The molecule has 1 fully saturated rings. The predicted octanol–water partition coefficient (Wildman–Crippen LogP) is 4.77. The van der Waals surface area contributed by atoms with Gasteiger partial charge >= 0.3 is 5.97 Å². The molecule has 1 saturated carbocycles. The fourth-order valence-corrected chi connectivity index (χ4v) is 4.84. The summed E-state index contributed by atoms with van der Waals surface area (Å²) < 4.78 is 0. The summed E-state index contributed by atoms with van der Waals surface area (Å²) in [6, 6.07) is 5.76. The van der Waals surface area contributed by atoms with Crippen molar-refractivity contribution in [2.75, 3.05) is 0 Å². The van der Waals surface area contributed by atoms with Crippen LogP contribution in [0.1, 0.15) is 53.3 Å². The summed E-state index contributed by atoms with van der Waals surface area (Å²) in [5.41, 5.74) is 1.81. The molecule has 0 aliphatic heterocycles. The fraction of sp³-hybridized carbons (Fsp3) is 0.438. The molecule has 0 atom stereocenters. The number of hydrogen-bond acceptors (Lipinski definition) is 4. The SMILES string of the molecule is O=C(O)c1[nH]nnc1CS[C@H]1CC[C@@H](c2cc(Cl)cc(Cl)c2)CC1. The molecule has 0 saturated heterocycles. The molecule has 2 aromatic rings. The van der Waals surface area contributed by atoms with E-state index in [0.29, 0.717) is 32.7 Å². The number of hydrogen-bond donors (Lipinski definition) is 2. The first-order valence-electron chi connectivity index (χ1n) is 7.73. The Bertz CT molecular complexity index is 710. The lowest BCUT2D eigenvalue weighted by Crippen LogP contribution is -2.15. The van der Waals surface area contributed by atoms with Crippen molar-refractivity contribution in [2.24, 2.45) is 0 Å². The number of rotatable bonds is 5. The Hall–Kier alpha value is -1.24. The minimum atomic E-state index is -1.02. The van der Waals surface area contributed by atoms with Crippen LogP contribution in [0.4, 0.5) is 0 Å². The van der Waals surface area contributed by atoms with Gasteiger partial charge in [0.15, 0.2) is 5.69 Å². The Kier molecular flexibility index (Phi) is 5.69. The van der Waals surface area contributed by atoms with Crippen molar-refractivity contribution < 1.29 is 9.90 Å². The fourth-order valence-electron chi connectivity index (χ4n) is 3.09. The summed E-state index contributed by atoms with van der Waals surface area (Å²) >= 11 is 13.9. The average Bonchev–Trinajstić information content (AvgIpc) is 3.01. The van der Waals surface area contributed by atoms with E-state index in [4.69, 9.17) is 28.3 Å². The van der Waals surface area contributed by atoms with Crippen LogP contribution in [-0.4, -0.2) is 31.7 Å². The van der Waals surface area contributed by atoms with E-state index in [-0.39, 0.29) is 5.69 Å². The summed E-state index contributed by atoms with van der Waals surface area (Å²) in [7, 11) is 0. The van der Waals surface area contributed by atoms with Gasteiger partial charge in [-0.3, -0.25) is 5.10 Å². The molecule has 5 nitrogen and oxygen atoms in total. The highest BCUT2D eigenvalue weighted by Gasteiger charge is 2.24. The molecular formula is C16H17Cl2N3O2S. The van der Waals surface area contributed by atoms with Gasteiger partial charge in [0.25, 0.3) is 0 Å². The van der Waals surface area contributed by atoms with Gasteiger partial charge in [-0.2, -0.15) is 11.8 Å². The van der Waals surface area contributed by atoms with Crippen LogP contribution in [-0.2, 0) is 5.75 Å². The van der Waals surface area contributed by atoms with E-state index in [1.807, 2.05) is 12.1 Å². The smallest absolute Gasteiger partial charge is 0.355 e. The lowest BCUT2D eigenvalue weighted by molar-refractivity contribution is 0.0689. The van der Waals surface area contributed by atoms with Gasteiger partial charge in [0.1, 0.15) is 5.69 Å². The second kappa shape index (κ2) is 7.76. The molecule has 3 rings (SSSR count). The lowest BCUT2D eigenvalue weighted by atomic mass is 9.84. The molecule has 0 bridgehead atoms. The van der Waals surface area contributed by atoms with Crippen LogP contribution in [0.25, 0.3) is 0 Å². The van der Waals surface area contributed by atoms with Gasteiger partial charge in [0.2, 0.25) is 0 Å². The third-order valence-corrected chi connectivity index (χ3v) is 6.14. The van der Waals surface area contributed by atoms with Crippen molar-refractivity contribution >= 4 is 40.9 Å². The van der Waals surface area contributed by atoms with Crippen LogP contribution in [0, 0.1) is 0 Å². The second-order valence-electron chi connectivity index (χ2n) is 5.93. The van der Waals surface area contributed by atoms with Crippen molar-refractivity contribution in [1.82, 2.24) is 15.4 Å². The minimum Gasteiger partial charge on any atom is -0.476 e. The largest absolute Gasteiger partial charge is 0.476 e. The zero-order valence-corrected chi connectivity index (χ0v) is 15.2. The number of carboxylic acid groups (broad SMARTS) is 1. The normalized spacial score (nSPS) is 20.9. The Balaban J connectivity index is 1.53. The topological polar surface area (TPSA) is 78.9 Å². The van der Waals surface area contributed by atoms with Crippen LogP contribution >= 0.6 is 35.0 Å². The van der Waals surface area contributed by atoms with Gasteiger partial charge in [-0.15, -0.1) is 5.10 Å². The van der Waals surface area contributed by atoms with Crippen LogP contribution in [0.3, 0.4) is 0 Å². The quantitative estimate of drug-likeness (QED) is 0.774. The monoisotopic (exact) mass is 385 g/mol. The van der Waals surface area contributed by atoms with Crippen molar-refractivity contribution in [3.8, 4) is 0 Å². The Morgan fingerprint density at radius 1 is 1.21 bits per heavy atom. The van der Waals surface area contributed by atoms with Crippen LogP contribution in [0.2, 0.25) is 10.0 Å². The number of H-pyrrole nitrogens is 1. The standard InChI is InChI=1S/C16H17Cl2N3O2S/c17-11-5-10(6-12(18)7-11)9-1-3-13(4-2-9)24-8-14-15(16(22)23)20-21-19-14/h5-7,9,13H,1-4,8H2,(H,22,23)(H,19,20,21)/t9-,13+. The summed E-state index contributed by atoms with van der Waals surface area (Å²) in [6.45, 7) is 0. The maximum Gasteiger partial charge on any atom is 0.355 e. The summed E-state index contributed by atoms with van der Waals surface area (Å²) in [5.74, 6) is 0.0352. The predicted molar refractivity (Wildman–Crippen MR) is 96.1 cm³/mol. The van der Waals surface area contributed by atoms with E-state index in [0.717, 1.165) is 25.7 Å². The van der Waals surface area contributed by atoms with Gasteiger partial charge in [-0.05, 0) is 55.4 Å². The lowest BCUT2D eigenvalue weighted by Gasteiger charge is -2.28. The number of aromatic carboxylic acids is 1. The molecule has 24 heavy (non-hydrogen) atoms. The van der Waals surface area contributed by atoms with E-state index in [2.05, 4.69) is 15.4 Å². The number of thioether (sulfide) groups is 1. The molecule has 1 aliphatic carbocycles. The highest BCUT2D eigenvalue weighted by molar-refractivity contribution is 7.99. The molecular weight excluding hydrogens is 369 g/mol. The van der Waals surface area contributed by atoms with E-state index in [1.165, 1.54) is 5.56 Å². The Morgan fingerprint density at radius 2 is 1.88 bits per heavy atom. The number of aromatic nitrogens is 3. The highest BCUT2D eigenvalue weighted by atomic mass is 35.5. The van der Waals surface area contributed by atoms with E-state index >= 15 is 0 Å². The Morgan fingerprint density at radius 3 is 2.50 bits per heavy atom. The summed E-state index contributed by atoms with van der Waals surface area (Å²) in [5, 5.41) is 20.8. The van der Waals surface area contributed by atoms with Gasteiger partial charge in [0, 0.05) is 21.0 Å². The molecule has 128 valence electrons. The third kappa shape index (κ3) is 4.23. The van der Waals surface area contributed by atoms with Gasteiger partial charge in [0.05, 0.1) is 0 Å². The number of aromatic amines is 1. The minimum absolute atomic E-state index is 0.0877. The maximum absolute atomic E-state index is 11.0. The first-order valence-corrected chi connectivity index (χ1v) is 9.54. The molecule has 1 heterocycles. The van der Waals surface area contributed by atoms with E-state index in [1.54, 1.807) is 17.8 Å². The van der Waals surface area contributed by atoms with Crippen LogP contribution in [0.15, 0.2) is 18.2 Å². The maximum atomic E-state index is 11.0. The number of nitrogens with zero attached hydrogens (tertiary/aromatic N) is 2. The molecule has 8 heteroatoms. The van der Waals surface area contributed by atoms with Gasteiger partial charge in [-0.25, -0.2) is 4.79 Å². The van der Waals surface area contributed by atoms with E-state index in [9.17, 15) is 4.79 Å². The summed E-state index contributed by atoms with van der Waals surface area (Å²) in [6.07, 6.45) is 4.33. The molecule has 0 radical (unpaired) electrons. The van der Waals surface area contributed by atoms with Crippen molar-refractivity contribution in [3.63, 3.8) is 0 Å². The highest BCUT2D eigenvalue weighted by Crippen LogP contribution is 2.39. The number of nitrogens with one attached hydrogen (secondary N) is 1. The number of benzene rings is 1. The molecule has 0 unspecified atom stereocenters. The third-order valence-electron chi connectivity index (χ3n) is 4.32. The molecule has 2 N–H and O–H groups in total. The van der Waals surface area contributed by atoms with Gasteiger partial charge in [-0.1, -0.05) is 28.4 Å². The number of carboxylic acids is 1. The zero-order valence-electron chi connectivity index (χ0n) is 12.8. The first-order chi connectivity index (χ1) is 11.5. The van der Waals surface area contributed by atoms with Crippen LogP contribution < -0.4 is 0 Å². The summed E-state index contributed by atoms with van der Waals surface area (Å²) in [4.78, 5) is 11.0.